The Hall–Kier alpha value is -1.06. The molecule has 0 radical (unpaired) electrons. The molecular weight excluding hydrogens is 258 g/mol. The number of hydrogen-bond acceptors (Lipinski definition) is 2. The third-order valence-corrected chi connectivity index (χ3v) is 4.28. The zero-order valence-electron chi connectivity index (χ0n) is 11.3. The highest BCUT2D eigenvalue weighted by molar-refractivity contribution is 6.31. The highest BCUT2D eigenvalue weighted by Crippen LogP contribution is 2.23. The van der Waals surface area contributed by atoms with Gasteiger partial charge in [-0.1, -0.05) is 11.6 Å². The fourth-order valence-corrected chi connectivity index (χ4v) is 3.16. The van der Waals surface area contributed by atoms with E-state index in [1.54, 1.807) is 0 Å². The summed E-state index contributed by atoms with van der Waals surface area (Å²) in [4.78, 5) is 4.76. The van der Waals surface area contributed by atoms with Gasteiger partial charge in [0.05, 0.1) is 11.0 Å². The Kier molecular flexibility index (Phi) is 3.76. The number of imidazole rings is 1. The molecule has 1 aliphatic heterocycles. The van der Waals surface area contributed by atoms with E-state index in [1.807, 2.05) is 12.1 Å². The second-order valence-corrected chi connectivity index (χ2v) is 5.74. The number of aromatic nitrogens is 2. The molecule has 3 rings (SSSR count). The first kappa shape index (κ1) is 12.9. The van der Waals surface area contributed by atoms with Crippen LogP contribution in [-0.2, 0) is 13.0 Å². The van der Waals surface area contributed by atoms with Crippen LogP contribution in [0.4, 0.5) is 0 Å². The monoisotopic (exact) mass is 277 g/mol. The summed E-state index contributed by atoms with van der Waals surface area (Å²) in [5.74, 6) is 2.01. The summed E-state index contributed by atoms with van der Waals surface area (Å²) in [5, 5.41) is 4.19. The van der Waals surface area contributed by atoms with E-state index in [-0.39, 0.29) is 0 Å². The highest BCUT2D eigenvalue weighted by atomic mass is 35.5. The number of halogens is 1. The van der Waals surface area contributed by atoms with Gasteiger partial charge < -0.3 is 9.88 Å². The molecule has 3 nitrogen and oxygen atoms in total. The lowest BCUT2D eigenvalue weighted by Gasteiger charge is -2.09. The third-order valence-electron chi connectivity index (χ3n) is 4.04. The summed E-state index contributed by atoms with van der Waals surface area (Å²) in [7, 11) is 0. The quantitative estimate of drug-likeness (QED) is 0.930. The average Bonchev–Trinajstić information content (AvgIpc) is 3.02. The maximum absolute atomic E-state index is 6.05. The minimum atomic E-state index is 0.764. The van der Waals surface area contributed by atoms with Crippen LogP contribution in [0.3, 0.4) is 0 Å². The maximum Gasteiger partial charge on any atom is 0.109 e. The van der Waals surface area contributed by atoms with Gasteiger partial charge in [0.2, 0.25) is 0 Å². The molecule has 0 aliphatic carbocycles. The molecule has 1 atom stereocenters. The van der Waals surface area contributed by atoms with Crippen molar-refractivity contribution in [2.24, 2.45) is 5.92 Å². The Labute approximate surface area is 119 Å². The second kappa shape index (κ2) is 5.51. The molecular formula is C15H20ClN3. The summed E-state index contributed by atoms with van der Waals surface area (Å²) in [6.07, 6.45) is 3.59. The Morgan fingerprint density at radius 1 is 1.47 bits per heavy atom. The van der Waals surface area contributed by atoms with Gasteiger partial charge in [-0.25, -0.2) is 4.98 Å². The molecule has 1 aromatic carbocycles. The Bertz CT molecular complexity index is 570. The lowest BCUT2D eigenvalue weighted by Crippen LogP contribution is -2.11. The van der Waals surface area contributed by atoms with Crippen molar-refractivity contribution in [3.05, 3.63) is 29.0 Å². The van der Waals surface area contributed by atoms with Crippen molar-refractivity contribution in [3.8, 4) is 0 Å². The van der Waals surface area contributed by atoms with E-state index in [4.69, 9.17) is 16.6 Å². The van der Waals surface area contributed by atoms with Crippen molar-refractivity contribution >= 4 is 22.6 Å². The van der Waals surface area contributed by atoms with Gasteiger partial charge in [-0.2, -0.15) is 0 Å². The smallest absolute Gasteiger partial charge is 0.109 e. The minimum absolute atomic E-state index is 0.764. The first-order chi connectivity index (χ1) is 9.28. The molecule has 1 aliphatic rings. The minimum Gasteiger partial charge on any atom is -0.328 e. The molecule has 1 saturated heterocycles. The van der Waals surface area contributed by atoms with Gasteiger partial charge in [0.15, 0.2) is 0 Å². The molecule has 4 heteroatoms. The van der Waals surface area contributed by atoms with E-state index in [9.17, 15) is 0 Å². The molecule has 19 heavy (non-hydrogen) atoms. The lowest BCUT2D eigenvalue weighted by molar-refractivity contribution is 0.516. The van der Waals surface area contributed by atoms with Crippen LogP contribution >= 0.6 is 11.6 Å². The van der Waals surface area contributed by atoms with E-state index in [2.05, 4.69) is 22.9 Å². The zero-order valence-corrected chi connectivity index (χ0v) is 12.1. The van der Waals surface area contributed by atoms with Crippen LogP contribution in [-0.4, -0.2) is 22.6 Å². The number of rotatable bonds is 4. The molecule has 2 aromatic rings. The van der Waals surface area contributed by atoms with Gasteiger partial charge >= 0.3 is 0 Å². The molecule has 2 heterocycles. The van der Waals surface area contributed by atoms with Gasteiger partial charge in [0.25, 0.3) is 0 Å². The van der Waals surface area contributed by atoms with Gasteiger partial charge in [-0.3, -0.25) is 0 Å². The number of nitrogens with zero attached hydrogens (tertiary/aromatic N) is 2. The summed E-state index contributed by atoms with van der Waals surface area (Å²) in [6.45, 7) is 5.48. The van der Waals surface area contributed by atoms with Crippen LogP contribution in [0.15, 0.2) is 18.2 Å². The first-order valence-electron chi connectivity index (χ1n) is 7.13. The SMILES string of the molecule is CCn1c(CCC2CCNC2)nc2cc(Cl)ccc21. The van der Waals surface area contributed by atoms with Crippen LogP contribution in [0, 0.1) is 5.92 Å². The molecule has 1 aromatic heterocycles. The van der Waals surface area contributed by atoms with E-state index in [0.29, 0.717) is 0 Å². The normalized spacial score (nSPS) is 19.4. The van der Waals surface area contributed by atoms with Gasteiger partial charge in [0, 0.05) is 18.0 Å². The van der Waals surface area contributed by atoms with E-state index in [0.717, 1.165) is 36.0 Å². The number of hydrogen-bond donors (Lipinski definition) is 1. The van der Waals surface area contributed by atoms with Gasteiger partial charge in [-0.05, 0) is 57.0 Å². The summed E-state index contributed by atoms with van der Waals surface area (Å²) in [6, 6.07) is 5.99. The maximum atomic E-state index is 6.05. The first-order valence-corrected chi connectivity index (χ1v) is 7.51. The molecule has 1 unspecified atom stereocenters. The van der Waals surface area contributed by atoms with E-state index in [1.165, 1.54) is 30.7 Å². The Balaban J connectivity index is 1.84. The van der Waals surface area contributed by atoms with Crippen molar-refractivity contribution in [2.75, 3.05) is 13.1 Å². The lowest BCUT2D eigenvalue weighted by atomic mass is 10.0. The largest absolute Gasteiger partial charge is 0.328 e. The van der Waals surface area contributed by atoms with Crippen LogP contribution < -0.4 is 5.32 Å². The van der Waals surface area contributed by atoms with Crippen LogP contribution in [0.25, 0.3) is 11.0 Å². The number of benzene rings is 1. The number of fused-ring (bicyclic) bond motifs is 1. The topological polar surface area (TPSA) is 29.9 Å². The van der Waals surface area contributed by atoms with Crippen LogP contribution in [0.1, 0.15) is 25.6 Å². The fraction of sp³-hybridized carbons (Fsp3) is 0.533. The predicted molar refractivity (Wildman–Crippen MR) is 79.7 cm³/mol. The molecule has 1 N–H and O–H groups in total. The van der Waals surface area contributed by atoms with Crippen molar-refractivity contribution < 1.29 is 0 Å². The number of nitrogens with one attached hydrogen (secondary N) is 1. The predicted octanol–water partition coefficient (Wildman–Crippen LogP) is 3.25. The molecule has 0 spiro atoms. The molecule has 0 amide bonds. The van der Waals surface area contributed by atoms with Gasteiger partial charge in [-0.15, -0.1) is 0 Å². The summed E-state index contributed by atoms with van der Waals surface area (Å²) < 4.78 is 2.31. The van der Waals surface area contributed by atoms with Crippen LogP contribution in [0.5, 0.6) is 0 Å². The Morgan fingerprint density at radius 3 is 3.11 bits per heavy atom. The molecule has 102 valence electrons. The van der Waals surface area contributed by atoms with Crippen molar-refractivity contribution in [1.29, 1.82) is 0 Å². The Morgan fingerprint density at radius 2 is 2.37 bits per heavy atom. The molecule has 0 saturated carbocycles. The summed E-state index contributed by atoms with van der Waals surface area (Å²) >= 11 is 6.05. The second-order valence-electron chi connectivity index (χ2n) is 5.30. The zero-order chi connectivity index (χ0) is 13.2. The third kappa shape index (κ3) is 2.63. The molecule has 0 bridgehead atoms. The van der Waals surface area contributed by atoms with E-state index >= 15 is 0 Å². The highest BCUT2D eigenvalue weighted by Gasteiger charge is 2.16. The van der Waals surface area contributed by atoms with Crippen molar-refractivity contribution in [3.63, 3.8) is 0 Å². The fourth-order valence-electron chi connectivity index (χ4n) is 2.99. The summed E-state index contributed by atoms with van der Waals surface area (Å²) in [5.41, 5.74) is 2.22. The number of aryl methyl sites for hydroxylation is 2. The standard InChI is InChI=1S/C15H20ClN3/c1-2-19-14-5-4-12(16)9-13(14)18-15(19)6-3-11-7-8-17-10-11/h4-5,9,11,17H,2-3,6-8,10H2,1H3. The van der Waals surface area contributed by atoms with Crippen molar-refractivity contribution in [1.82, 2.24) is 14.9 Å². The van der Waals surface area contributed by atoms with Crippen LogP contribution in [0.2, 0.25) is 5.02 Å². The molecule has 1 fully saturated rings. The van der Waals surface area contributed by atoms with Crippen molar-refractivity contribution in [2.45, 2.75) is 32.7 Å². The van der Waals surface area contributed by atoms with Gasteiger partial charge in [0.1, 0.15) is 5.82 Å². The van der Waals surface area contributed by atoms with E-state index < -0.39 is 0 Å². The average molecular weight is 278 g/mol.